The molecular formula is C52H33NS2. The fraction of sp³-hybridized carbons (Fsp3) is 0. The van der Waals surface area contributed by atoms with Crippen molar-refractivity contribution in [1.29, 1.82) is 0 Å². The van der Waals surface area contributed by atoms with Gasteiger partial charge in [-0.15, -0.1) is 22.7 Å². The second kappa shape index (κ2) is 13.1. The van der Waals surface area contributed by atoms with Gasteiger partial charge in [-0.2, -0.15) is 0 Å². The molecule has 11 aromatic rings. The first-order valence-corrected chi connectivity index (χ1v) is 20.3. The van der Waals surface area contributed by atoms with Crippen molar-refractivity contribution in [1.82, 2.24) is 0 Å². The van der Waals surface area contributed by atoms with E-state index < -0.39 is 0 Å². The molecule has 0 saturated carbocycles. The summed E-state index contributed by atoms with van der Waals surface area (Å²) in [6.07, 6.45) is 0. The highest BCUT2D eigenvalue weighted by molar-refractivity contribution is 7.26. The summed E-state index contributed by atoms with van der Waals surface area (Å²) in [5, 5.41) is 7.59. The Morgan fingerprint density at radius 2 is 0.891 bits per heavy atom. The van der Waals surface area contributed by atoms with Crippen LogP contribution in [-0.4, -0.2) is 0 Å². The van der Waals surface area contributed by atoms with Gasteiger partial charge in [0.25, 0.3) is 0 Å². The summed E-state index contributed by atoms with van der Waals surface area (Å²) in [6, 6.07) is 73.4. The minimum atomic E-state index is 1.15. The molecular weight excluding hydrogens is 703 g/mol. The molecule has 0 aliphatic carbocycles. The van der Waals surface area contributed by atoms with Crippen molar-refractivity contribution < 1.29 is 0 Å². The minimum Gasteiger partial charge on any atom is -0.309 e. The Bertz CT molecular complexity index is 3190. The third kappa shape index (κ3) is 5.43. The van der Waals surface area contributed by atoms with Crippen molar-refractivity contribution in [2.75, 3.05) is 4.90 Å². The Kier molecular flexibility index (Phi) is 7.61. The highest BCUT2D eigenvalue weighted by atomic mass is 32.1. The lowest BCUT2D eigenvalue weighted by Crippen LogP contribution is -2.11. The van der Waals surface area contributed by atoms with Gasteiger partial charge in [0, 0.05) is 51.4 Å². The largest absolute Gasteiger partial charge is 0.309 e. The van der Waals surface area contributed by atoms with Crippen molar-refractivity contribution in [2.45, 2.75) is 0 Å². The number of rotatable bonds is 6. The quantitative estimate of drug-likeness (QED) is 0.164. The van der Waals surface area contributed by atoms with E-state index >= 15 is 0 Å². The van der Waals surface area contributed by atoms with Crippen LogP contribution in [0.1, 0.15) is 0 Å². The first-order chi connectivity index (χ1) is 27.3. The first kappa shape index (κ1) is 32.0. The van der Waals surface area contributed by atoms with Crippen LogP contribution in [0, 0.1) is 0 Å². The second-order valence-electron chi connectivity index (χ2n) is 14.1. The predicted molar refractivity (Wildman–Crippen MR) is 241 cm³/mol. The average Bonchev–Trinajstić information content (AvgIpc) is 3.83. The van der Waals surface area contributed by atoms with Gasteiger partial charge < -0.3 is 4.90 Å². The maximum absolute atomic E-state index is 2.51. The molecule has 0 saturated heterocycles. The van der Waals surface area contributed by atoms with E-state index in [0.29, 0.717) is 0 Å². The summed E-state index contributed by atoms with van der Waals surface area (Å²) in [7, 11) is 0. The highest BCUT2D eigenvalue weighted by Gasteiger charge is 2.23. The SMILES string of the molecule is c1ccc(-c2ccc3c(c2)sc2cc(N(c4cccc5ccccc45)c4ccc(-c5ccccc5)c5sc6cc(-c7ccccc7)ccc6c45)ccc23)cc1. The summed E-state index contributed by atoms with van der Waals surface area (Å²) in [4.78, 5) is 2.51. The molecule has 0 bridgehead atoms. The Morgan fingerprint density at radius 1 is 0.327 bits per heavy atom. The average molecular weight is 736 g/mol. The van der Waals surface area contributed by atoms with Crippen molar-refractivity contribution in [3.8, 4) is 33.4 Å². The van der Waals surface area contributed by atoms with Crippen LogP contribution in [0.2, 0.25) is 0 Å². The number of anilines is 3. The van der Waals surface area contributed by atoms with Crippen LogP contribution in [0.5, 0.6) is 0 Å². The van der Waals surface area contributed by atoms with Crippen LogP contribution in [-0.2, 0) is 0 Å². The van der Waals surface area contributed by atoms with Crippen molar-refractivity contribution in [3.63, 3.8) is 0 Å². The van der Waals surface area contributed by atoms with E-state index in [1.54, 1.807) is 0 Å². The fourth-order valence-electron chi connectivity index (χ4n) is 8.23. The van der Waals surface area contributed by atoms with E-state index in [1.807, 2.05) is 22.7 Å². The van der Waals surface area contributed by atoms with Crippen LogP contribution in [0.25, 0.3) is 84.5 Å². The topological polar surface area (TPSA) is 3.24 Å². The molecule has 0 atom stereocenters. The van der Waals surface area contributed by atoms with E-state index in [0.717, 1.165) is 5.69 Å². The van der Waals surface area contributed by atoms with Gasteiger partial charge in [0.15, 0.2) is 0 Å². The van der Waals surface area contributed by atoms with Gasteiger partial charge in [0.05, 0.1) is 11.4 Å². The van der Waals surface area contributed by atoms with Gasteiger partial charge in [-0.3, -0.25) is 0 Å². The van der Waals surface area contributed by atoms with E-state index in [-0.39, 0.29) is 0 Å². The first-order valence-electron chi connectivity index (χ1n) is 18.7. The van der Waals surface area contributed by atoms with Crippen molar-refractivity contribution in [3.05, 3.63) is 200 Å². The Morgan fingerprint density at radius 3 is 1.60 bits per heavy atom. The zero-order valence-electron chi connectivity index (χ0n) is 29.8. The summed E-state index contributed by atoms with van der Waals surface area (Å²) in [5.74, 6) is 0. The van der Waals surface area contributed by atoms with Gasteiger partial charge in [-0.25, -0.2) is 0 Å². The van der Waals surface area contributed by atoms with Gasteiger partial charge in [0.2, 0.25) is 0 Å². The van der Waals surface area contributed by atoms with Gasteiger partial charge in [-0.05, 0) is 75.2 Å². The molecule has 3 heteroatoms. The predicted octanol–water partition coefficient (Wildman–Crippen LogP) is 16.0. The number of benzene rings is 9. The maximum Gasteiger partial charge on any atom is 0.0555 e. The molecule has 0 unspecified atom stereocenters. The lowest BCUT2D eigenvalue weighted by atomic mass is 9.98. The smallest absolute Gasteiger partial charge is 0.0555 e. The Hall–Kier alpha value is -6.52. The maximum atomic E-state index is 2.51. The molecule has 0 fully saturated rings. The number of nitrogens with zero attached hydrogens (tertiary/aromatic N) is 1. The van der Waals surface area contributed by atoms with Crippen LogP contribution < -0.4 is 4.90 Å². The molecule has 55 heavy (non-hydrogen) atoms. The molecule has 2 aromatic heterocycles. The summed E-state index contributed by atoms with van der Waals surface area (Å²) in [6.45, 7) is 0. The van der Waals surface area contributed by atoms with Gasteiger partial charge in [-0.1, -0.05) is 164 Å². The van der Waals surface area contributed by atoms with Crippen LogP contribution >= 0.6 is 22.7 Å². The molecule has 2 heterocycles. The van der Waals surface area contributed by atoms with E-state index in [9.17, 15) is 0 Å². The third-order valence-electron chi connectivity index (χ3n) is 10.9. The number of hydrogen-bond donors (Lipinski definition) is 0. The normalized spacial score (nSPS) is 11.6. The lowest BCUT2D eigenvalue weighted by Gasteiger charge is -2.28. The summed E-state index contributed by atoms with van der Waals surface area (Å²) >= 11 is 3.78. The molecule has 258 valence electrons. The van der Waals surface area contributed by atoms with E-state index in [4.69, 9.17) is 0 Å². The van der Waals surface area contributed by atoms with E-state index in [1.165, 1.54) is 95.9 Å². The molecule has 9 aromatic carbocycles. The Balaban J connectivity index is 1.18. The molecule has 11 rings (SSSR count). The standard InChI is InChI=1S/C52H33NS2/c1-4-13-34(14-5-1)38-23-26-43-44-28-25-40(33-50(44)54-48(43)31-38)53(46-22-12-20-36-19-10-11-21-41(36)46)47-30-29-42(37-17-8-3-9-18-37)52-51(47)45-27-24-39(32-49(45)55-52)35-15-6-2-7-16-35/h1-33H. The number of hydrogen-bond acceptors (Lipinski definition) is 3. The number of fused-ring (bicyclic) bond motifs is 7. The summed E-state index contributed by atoms with van der Waals surface area (Å²) in [5.41, 5.74) is 10.9. The molecule has 0 amide bonds. The van der Waals surface area contributed by atoms with Crippen LogP contribution in [0.3, 0.4) is 0 Å². The second-order valence-corrected chi connectivity index (χ2v) is 16.2. The zero-order chi connectivity index (χ0) is 36.3. The minimum absolute atomic E-state index is 1.15. The van der Waals surface area contributed by atoms with Crippen LogP contribution in [0.4, 0.5) is 17.1 Å². The fourth-order valence-corrected chi connectivity index (χ4v) is 10.7. The molecule has 0 aliphatic heterocycles. The molecule has 0 radical (unpaired) electrons. The molecule has 1 nitrogen and oxygen atoms in total. The van der Waals surface area contributed by atoms with Crippen molar-refractivity contribution in [2.24, 2.45) is 0 Å². The molecule has 0 aliphatic rings. The number of thiophene rings is 2. The molecule has 0 spiro atoms. The lowest BCUT2D eigenvalue weighted by molar-refractivity contribution is 1.32. The molecule has 0 N–H and O–H groups in total. The van der Waals surface area contributed by atoms with Gasteiger partial charge in [0.1, 0.15) is 0 Å². The summed E-state index contributed by atoms with van der Waals surface area (Å²) < 4.78 is 5.17. The van der Waals surface area contributed by atoms with Crippen LogP contribution in [0.15, 0.2) is 200 Å². The monoisotopic (exact) mass is 735 g/mol. The van der Waals surface area contributed by atoms with Crippen molar-refractivity contribution >= 4 is 90.9 Å². The highest BCUT2D eigenvalue weighted by Crippen LogP contribution is 2.50. The van der Waals surface area contributed by atoms with Gasteiger partial charge >= 0.3 is 0 Å². The Labute approximate surface area is 327 Å². The third-order valence-corrected chi connectivity index (χ3v) is 13.2. The zero-order valence-corrected chi connectivity index (χ0v) is 31.4. The van der Waals surface area contributed by atoms with E-state index in [2.05, 4.69) is 205 Å².